The first-order valence-corrected chi connectivity index (χ1v) is 8.21. The molecule has 2 aliphatic rings. The van der Waals surface area contributed by atoms with Crippen molar-refractivity contribution in [1.82, 2.24) is 4.98 Å². The standard InChI is InChI=1S/C17H26BNO2/c1-16(2)17(3,4)21-18(20-16)15-12-8-11-14(19-15)13-9-6-5-7-10-13/h8,11-13H,5-7,9-10H2,1-4H3. The molecule has 3 rings (SSSR count). The van der Waals surface area contributed by atoms with Crippen molar-refractivity contribution in [2.45, 2.75) is 76.9 Å². The van der Waals surface area contributed by atoms with E-state index in [1.165, 1.54) is 37.8 Å². The molecule has 21 heavy (non-hydrogen) atoms. The van der Waals surface area contributed by atoms with E-state index in [2.05, 4.69) is 39.8 Å². The number of rotatable bonds is 2. The number of nitrogens with zero attached hydrogens (tertiary/aromatic N) is 1. The van der Waals surface area contributed by atoms with Gasteiger partial charge in [0.2, 0.25) is 0 Å². The van der Waals surface area contributed by atoms with Crippen molar-refractivity contribution in [2.75, 3.05) is 0 Å². The third-order valence-corrected chi connectivity index (χ3v) is 5.31. The molecule has 114 valence electrons. The first-order valence-electron chi connectivity index (χ1n) is 8.21. The Hall–Kier alpha value is -0.865. The van der Waals surface area contributed by atoms with Gasteiger partial charge in [-0.25, -0.2) is 0 Å². The zero-order chi connectivity index (χ0) is 15.1. The van der Waals surface area contributed by atoms with E-state index in [1.54, 1.807) is 0 Å². The molecule has 1 saturated carbocycles. The van der Waals surface area contributed by atoms with Crippen LogP contribution in [0.4, 0.5) is 0 Å². The zero-order valence-corrected chi connectivity index (χ0v) is 13.7. The summed E-state index contributed by atoms with van der Waals surface area (Å²) in [6.45, 7) is 8.33. The highest BCUT2D eigenvalue weighted by molar-refractivity contribution is 6.61. The van der Waals surface area contributed by atoms with Gasteiger partial charge in [-0.3, -0.25) is 4.98 Å². The lowest BCUT2D eigenvalue weighted by Crippen LogP contribution is -2.41. The second-order valence-corrected chi connectivity index (χ2v) is 7.41. The van der Waals surface area contributed by atoms with Crippen molar-refractivity contribution < 1.29 is 9.31 Å². The van der Waals surface area contributed by atoms with Gasteiger partial charge >= 0.3 is 7.12 Å². The van der Waals surface area contributed by atoms with Gasteiger partial charge in [0.05, 0.1) is 16.8 Å². The van der Waals surface area contributed by atoms with Gasteiger partial charge in [0.25, 0.3) is 0 Å². The molecule has 4 heteroatoms. The van der Waals surface area contributed by atoms with Crippen LogP contribution in [-0.2, 0) is 9.31 Å². The minimum Gasteiger partial charge on any atom is -0.398 e. The highest BCUT2D eigenvalue weighted by Crippen LogP contribution is 2.36. The van der Waals surface area contributed by atoms with E-state index in [4.69, 9.17) is 14.3 Å². The quantitative estimate of drug-likeness (QED) is 0.781. The second kappa shape index (κ2) is 5.40. The van der Waals surface area contributed by atoms with Crippen LogP contribution in [0.5, 0.6) is 0 Å². The van der Waals surface area contributed by atoms with E-state index >= 15 is 0 Å². The van der Waals surface area contributed by atoms with Crippen LogP contribution in [0.15, 0.2) is 18.2 Å². The van der Waals surface area contributed by atoms with Crippen LogP contribution < -0.4 is 5.59 Å². The number of hydrogen-bond acceptors (Lipinski definition) is 3. The SMILES string of the molecule is CC1(C)OB(c2cccc(C3CCCCC3)n2)OC1(C)C. The van der Waals surface area contributed by atoms with Gasteiger partial charge in [0.1, 0.15) is 0 Å². The van der Waals surface area contributed by atoms with Crippen LogP contribution in [0, 0.1) is 0 Å². The second-order valence-electron chi connectivity index (χ2n) is 7.41. The molecule has 0 N–H and O–H groups in total. The molecule has 0 spiro atoms. The van der Waals surface area contributed by atoms with Crippen molar-refractivity contribution in [1.29, 1.82) is 0 Å². The van der Waals surface area contributed by atoms with E-state index in [-0.39, 0.29) is 18.3 Å². The summed E-state index contributed by atoms with van der Waals surface area (Å²) < 4.78 is 12.2. The molecule has 0 atom stereocenters. The average molecular weight is 287 g/mol. The largest absolute Gasteiger partial charge is 0.514 e. The third-order valence-electron chi connectivity index (χ3n) is 5.31. The topological polar surface area (TPSA) is 31.4 Å². The average Bonchev–Trinajstić information content (AvgIpc) is 2.69. The van der Waals surface area contributed by atoms with Gasteiger partial charge in [0.15, 0.2) is 0 Å². The zero-order valence-electron chi connectivity index (χ0n) is 13.7. The van der Waals surface area contributed by atoms with Crippen LogP contribution in [0.3, 0.4) is 0 Å². The lowest BCUT2D eigenvalue weighted by Gasteiger charge is -2.32. The summed E-state index contributed by atoms with van der Waals surface area (Å²) in [7, 11) is -0.349. The van der Waals surface area contributed by atoms with Gasteiger partial charge in [-0.15, -0.1) is 0 Å². The Morgan fingerprint density at radius 1 is 1.00 bits per heavy atom. The number of pyridine rings is 1. The van der Waals surface area contributed by atoms with Gasteiger partial charge in [-0.05, 0) is 52.7 Å². The molecule has 3 nitrogen and oxygen atoms in total. The first kappa shape index (κ1) is 15.0. The molecule has 1 aromatic rings. The van der Waals surface area contributed by atoms with Gasteiger partial charge in [-0.2, -0.15) is 0 Å². The smallest absolute Gasteiger partial charge is 0.398 e. The Balaban J connectivity index is 1.81. The predicted molar refractivity (Wildman–Crippen MR) is 85.8 cm³/mol. The van der Waals surface area contributed by atoms with Crippen LogP contribution >= 0.6 is 0 Å². The third kappa shape index (κ3) is 2.88. The van der Waals surface area contributed by atoms with E-state index in [1.807, 2.05) is 6.07 Å². The van der Waals surface area contributed by atoms with Crippen molar-refractivity contribution in [3.8, 4) is 0 Å². The molecule has 1 aliphatic carbocycles. The summed E-state index contributed by atoms with van der Waals surface area (Å²) in [5.41, 5.74) is 1.51. The van der Waals surface area contributed by atoms with Crippen LogP contribution in [-0.4, -0.2) is 23.3 Å². The summed E-state index contributed by atoms with van der Waals surface area (Å²) in [6.07, 6.45) is 6.55. The molecule has 0 radical (unpaired) electrons. The molecule has 0 aromatic carbocycles. The lowest BCUT2D eigenvalue weighted by molar-refractivity contribution is 0.00578. The molecule has 1 aliphatic heterocycles. The molecular weight excluding hydrogens is 261 g/mol. The molecule has 2 heterocycles. The Morgan fingerprint density at radius 3 is 2.24 bits per heavy atom. The molecule has 0 unspecified atom stereocenters. The summed E-state index contributed by atoms with van der Waals surface area (Å²) in [4.78, 5) is 4.86. The van der Waals surface area contributed by atoms with Crippen LogP contribution in [0.2, 0.25) is 0 Å². The fraction of sp³-hybridized carbons (Fsp3) is 0.706. The van der Waals surface area contributed by atoms with Crippen molar-refractivity contribution in [3.63, 3.8) is 0 Å². The molecule has 0 amide bonds. The fourth-order valence-corrected chi connectivity index (χ4v) is 3.19. The number of hydrogen-bond donors (Lipinski definition) is 0. The van der Waals surface area contributed by atoms with Gasteiger partial charge in [0, 0.05) is 11.6 Å². The maximum absolute atomic E-state index is 6.11. The van der Waals surface area contributed by atoms with Crippen molar-refractivity contribution in [3.05, 3.63) is 23.9 Å². The molecule has 0 bridgehead atoms. The highest BCUT2D eigenvalue weighted by Gasteiger charge is 2.52. The van der Waals surface area contributed by atoms with Gasteiger partial charge < -0.3 is 9.31 Å². The predicted octanol–water partition coefficient (Wildman–Crippen LogP) is 3.43. The molecule has 1 aromatic heterocycles. The van der Waals surface area contributed by atoms with E-state index in [0.717, 1.165) is 5.59 Å². The highest BCUT2D eigenvalue weighted by atomic mass is 16.7. The fourth-order valence-electron chi connectivity index (χ4n) is 3.19. The Labute approximate surface area is 128 Å². The lowest BCUT2D eigenvalue weighted by atomic mass is 9.82. The van der Waals surface area contributed by atoms with E-state index in [9.17, 15) is 0 Å². The summed E-state index contributed by atoms with van der Waals surface area (Å²) in [5, 5.41) is 0. The van der Waals surface area contributed by atoms with Crippen LogP contribution in [0.25, 0.3) is 0 Å². The van der Waals surface area contributed by atoms with Crippen molar-refractivity contribution >= 4 is 12.7 Å². The normalized spacial score (nSPS) is 25.2. The molecular formula is C17H26BNO2. The van der Waals surface area contributed by atoms with E-state index in [0.29, 0.717) is 5.92 Å². The molecule has 1 saturated heterocycles. The van der Waals surface area contributed by atoms with Crippen LogP contribution in [0.1, 0.15) is 71.4 Å². The monoisotopic (exact) mass is 287 g/mol. The van der Waals surface area contributed by atoms with E-state index < -0.39 is 0 Å². The minimum atomic E-state index is -0.349. The molecule has 2 fully saturated rings. The number of aromatic nitrogens is 1. The minimum absolute atomic E-state index is 0.305. The Kier molecular flexibility index (Phi) is 3.87. The Morgan fingerprint density at radius 2 is 1.62 bits per heavy atom. The summed E-state index contributed by atoms with van der Waals surface area (Å²) >= 11 is 0. The Bertz CT molecular complexity index is 493. The first-order chi connectivity index (χ1) is 9.89. The summed E-state index contributed by atoms with van der Waals surface area (Å²) in [6, 6.07) is 6.27. The van der Waals surface area contributed by atoms with Gasteiger partial charge in [-0.1, -0.05) is 25.3 Å². The van der Waals surface area contributed by atoms with Crippen molar-refractivity contribution in [2.24, 2.45) is 0 Å². The summed E-state index contributed by atoms with van der Waals surface area (Å²) in [5.74, 6) is 0.612. The maximum atomic E-state index is 6.11. The maximum Gasteiger partial charge on any atom is 0.514 e.